The number of halogens is 2. The number of hydrogen-bond donors (Lipinski definition) is 1. The molecule has 0 radical (unpaired) electrons. The fourth-order valence-electron chi connectivity index (χ4n) is 2.34. The number of carbonyl (C=O) groups excluding carboxylic acids is 1. The number of fused-ring (bicyclic) bond motifs is 1. The standard InChI is InChI=1S/C18H17Cl2NO4/c19-13-4-1-2-5-15(13)25-11-17(22)21-10-12-8-14(20)18-16(9-12)23-6-3-7-24-18/h1-2,4-5,8-9H,3,6-7,10-11H2,(H,21,22). The molecule has 0 unspecified atom stereocenters. The number of rotatable bonds is 5. The number of carbonyl (C=O) groups is 1. The van der Waals surface area contributed by atoms with Crippen molar-refractivity contribution in [2.45, 2.75) is 13.0 Å². The maximum atomic E-state index is 12.0. The van der Waals surface area contributed by atoms with Crippen molar-refractivity contribution in [1.82, 2.24) is 5.32 Å². The van der Waals surface area contributed by atoms with Crippen LogP contribution in [0.1, 0.15) is 12.0 Å². The summed E-state index contributed by atoms with van der Waals surface area (Å²) >= 11 is 12.2. The molecule has 1 N–H and O–H groups in total. The van der Waals surface area contributed by atoms with Gasteiger partial charge in [0, 0.05) is 13.0 Å². The Labute approximate surface area is 155 Å². The van der Waals surface area contributed by atoms with Gasteiger partial charge < -0.3 is 19.5 Å². The van der Waals surface area contributed by atoms with Gasteiger partial charge in [-0.2, -0.15) is 0 Å². The molecular weight excluding hydrogens is 365 g/mol. The molecule has 25 heavy (non-hydrogen) atoms. The van der Waals surface area contributed by atoms with E-state index < -0.39 is 0 Å². The summed E-state index contributed by atoms with van der Waals surface area (Å²) in [5.74, 6) is 1.36. The van der Waals surface area contributed by atoms with E-state index in [2.05, 4.69) is 5.32 Å². The first kappa shape index (κ1) is 17.7. The zero-order valence-electron chi connectivity index (χ0n) is 13.4. The summed E-state index contributed by atoms with van der Waals surface area (Å²) in [6.07, 6.45) is 0.802. The third kappa shape index (κ3) is 4.71. The van der Waals surface area contributed by atoms with Crippen molar-refractivity contribution in [1.29, 1.82) is 0 Å². The molecule has 0 saturated carbocycles. The third-order valence-electron chi connectivity index (χ3n) is 3.55. The van der Waals surface area contributed by atoms with Crippen LogP contribution in [0.3, 0.4) is 0 Å². The Hall–Kier alpha value is -2.11. The molecule has 7 heteroatoms. The molecule has 3 rings (SSSR count). The van der Waals surface area contributed by atoms with Gasteiger partial charge in [-0.3, -0.25) is 4.79 Å². The van der Waals surface area contributed by atoms with Crippen molar-refractivity contribution in [3.8, 4) is 17.2 Å². The SMILES string of the molecule is O=C(COc1ccccc1Cl)NCc1cc(Cl)c2c(c1)OCCCO2. The number of hydrogen-bond acceptors (Lipinski definition) is 4. The Morgan fingerprint density at radius 1 is 1.12 bits per heavy atom. The van der Waals surface area contributed by atoms with E-state index in [-0.39, 0.29) is 12.5 Å². The van der Waals surface area contributed by atoms with Gasteiger partial charge in [-0.05, 0) is 29.8 Å². The van der Waals surface area contributed by atoms with E-state index in [0.717, 1.165) is 12.0 Å². The van der Waals surface area contributed by atoms with Gasteiger partial charge in [0.1, 0.15) is 5.75 Å². The molecule has 0 spiro atoms. The van der Waals surface area contributed by atoms with Gasteiger partial charge in [-0.15, -0.1) is 0 Å². The van der Waals surface area contributed by atoms with Gasteiger partial charge in [0.05, 0.1) is 23.3 Å². The minimum atomic E-state index is -0.261. The van der Waals surface area contributed by atoms with Gasteiger partial charge >= 0.3 is 0 Å². The number of amides is 1. The molecule has 0 fully saturated rings. The molecule has 1 amide bonds. The second-order valence-electron chi connectivity index (χ2n) is 5.45. The highest BCUT2D eigenvalue weighted by molar-refractivity contribution is 6.32. The van der Waals surface area contributed by atoms with Crippen LogP contribution in [0.25, 0.3) is 0 Å². The lowest BCUT2D eigenvalue weighted by atomic mass is 10.2. The van der Waals surface area contributed by atoms with E-state index in [1.165, 1.54) is 0 Å². The zero-order valence-corrected chi connectivity index (χ0v) is 14.9. The fraction of sp³-hybridized carbons (Fsp3) is 0.278. The van der Waals surface area contributed by atoms with E-state index in [4.69, 9.17) is 37.4 Å². The van der Waals surface area contributed by atoms with E-state index >= 15 is 0 Å². The quantitative estimate of drug-likeness (QED) is 0.854. The van der Waals surface area contributed by atoms with Crippen LogP contribution in [0.15, 0.2) is 36.4 Å². The molecule has 2 aromatic rings. The molecule has 5 nitrogen and oxygen atoms in total. The maximum Gasteiger partial charge on any atom is 0.258 e. The lowest BCUT2D eigenvalue weighted by Crippen LogP contribution is -2.28. The molecule has 1 heterocycles. The van der Waals surface area contributed by atoms with Crippen LogP contribution in [-0.2, 0) is 11.3 Å². The summed E-state index contributed by atoms with van der Waals surface area (Å²) in [5, 5.41) is 3.71. The number of nitrogens with one attached hydrogen (secondary N) is 1. The summed E-state index contributed by atoms with van der Waals surface area (Å²) < 4.78 is 16.6. The predicted molar refractivity (Wildman–Crippen MR) is 95.9 cm³/mol. The molecule has 0 bridgehead atoms. The van der Waals surface area contributed by atoms with Crippen LogP contribution < -0.4 is 19.5 Å². The summed E-state index contributed by atoms with van der Waals surface area (Å²) in [7, 11) is 0. The topological polar surface area (TPSA) is 56.8 Å². The lowest BCUT2D eigenvalue weighted by molar-refractivity contribution is -0.123. The van der Waals surface area contributed by atoms with Gasteiger partial charge in [0.2, 0.25) is 0 Å². The second-order valence-corrected chi connectivity index (χ2v) is 6.27. The van der Waals surface area contributed by atoms with Crippen molar-refractivity contribution in [2.24, 2.45) is 0 Å². The van der Waals surface area contributed by atoms with Crippen molar-refractivity contribution in [2.75, 3.05) is 19.8 Å². The average Bonchev–Trinajstić information content (AvgIpc) is 2.85. The first-order chi connectivity index (χ1) is 12.1. The van der Waals surface area contributed by atoms with Gasteiger partial charge in [-0.25, -0.2) is 0 Å². The van der Waals surface area contributed by atoms with Crippen molar-refractivity contribution >= 4 is 29.1 Å². The Morgan fingerprint density at radius 3 is 2.76 bits per heavy atom. The number of benzene rings is 2. The summed E-state index contributed by atoms with van der Waals surface area (Å²) in [6.45, 7) is 1.33. The summed E-state index contributed by atoms with van der Waals surface area (Å²) in [6, 6.07) is 10.6. The minimum Gasteiger partial charge on any atom is -0.489 e. The highest BCUT2D eigenvalue weighted by atomic mass is 35.5. The first-order valence-electron chi connectivity index (χ1n) is 7.85. The molecule has 0 atom stereocenters. The van der Waals surface area contributed by atoms with Gasteiger partial charge in [0.25, 0.3) is 5.91 Å². The monoisotopic (exact) mass is 381 g/mol. The van der Waals surface area contributed by atoms with Crippen LogP contribution in [0.5, 0.6) is 17.2 Å². The molecule has 1 aliphatic heterocycles. The minimum absolute atomic E-state index is 0.123. The second kappa shape index (κ2) is 8.32. The Kier molecular flexibility index (Phi) is 5.89. The number of para-hydroxylation sites is 1. The van der Waals surface area contributed by atoms with Crippen LogP contribution in [0, 0.1) is 0 Å². The van der Waals surface area contributed by atoms with E-state index in [1.807, 2.05) is 6.07 Å². The normalized spacial score (nSPS) is 13.0. The Balaban J connectivity index is 1.56. The smallest absolute Gasteiger partial charge is 0.258 e. The van der Waals surface area contributed by atoms with Crippen LogP contribution in [0.4, 0.5) is 0 Å². The maximum absolute atomic E-state index is 12.0. The molecule has 1 aliphatic rings. The van der Waals surface area contributed by atoms with E-state index in [1.54, 1.807) is 30.3 Å². The third-order valence-corrected chi connectivity index (χ3v) is 4.14. The molecule has 0 saturated heterocycles. The van der Waals surface area contributed by atoms with E-state index in [9.17, 15) is 4.79 Å². The van der Waals surface area contributed by atoms with Crippen LogP contribution in [0.2, 0.25) is 10.0 Å². The molecule has 132 valence electrons. The van der Waals surface area contributed by atoms with E-state index in [0.29, 0.717) is 47.1 Å². The largest absolute Gasteiger partial charge is 0.489 e. The number of ether oxygens (including phenoxy) is 3. The molecular formula is C18H17Cl2NO4. The Morgan fingerprint density at radius 2 is 1.92 bits per heavy atom. The molecule has 0 aromatic heterocycles. The highest BCUT2D eigenvalue weighted by Crippen LogP contribution is 2.37. The molecule has 0 aliphatic carbocycles. The highest BCUT2D eigenvalue weighted by Gasteiger charge is 2.16. The van der Waals surface area contributed by atoms with Gasteiger partial charge in [-0.1, -0.05) is 35.3 Å². The predicted octanol–water partition coefficient (Wildman–Crippen LogP) is 3.85. The van der Waals surface area contributed by atoms with Crippen molar-refractivity contribution in [3.05, 3.63) is 52.0 Å². The summed E-state index contributed by atoms with van der Waals surface area (Å²) in [4.78, 5) is 12.0. The summed E-state index contributed by atoms with van der Waals surface area (Å²) in [5.41, 5.74) is 0.820. The Bertz CT molecular complexity index is 767. The van der Waals surface area contributed by atoms with Crippen LogP contribution >= 0.6 is 23.2 Å². The van der Waals surface area contributed by atoms with Gasteiger partial charge in [0.15, 0.2) is 18.1 Å². The zero-order chi connectivity index (χ0) is 17.6. The first-order valence-corrected chi connectivity index (χ1v) is 8.61. The average molecular weight is 382 g/mol. The van der Waals surface area contributed by atoms with Crippen LogP contribution in [-0.4, -0.2) is 25.7 Å². The van der Waals surface area contributed by atoms with Crippen molar-refractivity contribution < 1.29 is 19.0 Å². The lowest BCUT2D eigenvalue weighted by Gasteiger charge is -2.12. The fourth-order valence-corrected chi connectivity index (χ4v) is 2.82. The van der Waals surface area contributed by atoms with Crippen molar-refractivity contribution in [3.63, 3.8) is 0 Å². The molecule has 2 aromatic carbocycles.